The third kappa shape index (κ3) is 2.04. The zero-order valence-electron chi connectivity index (χ0n) is 14.4. The van der Waals surface area contributed by atoms with Crippen molar-refractivity contribution in [2.24, 2.45) is 11.3 Å². The third-order valence-corrected chi connectivity index (χ3v) is 5.69. The summed E-state index contributed by atoms with van der Waals surface area (Å²) in [6.45, 7) is 14.5. The molecule has 0 radical (unpaired) electrons. The Hall–Kier alpha value is -2.41. The van der Waals surface area contributed by atoms with Gasteiger partial charge in [0.2, 0.25) is 11.6 Å². The molecule has 4 heteroatoms. The number of carbonyl (C=O) groups is 2. The summed E-state index contributed by atoms with van der Waals surface area (Å²) in [5.74, 6) is -0.276. The van der Waals surface area contributed by atoms with Crippen molar-refractivity contribution in [3.8, 4) is 0 Å². The van der Waals surface area contributed by atoms with Gasteiger partial charge in [-0.3, -0.25) is 4.79 Å². The van der Waals surface area contributed by atoms with Gasteiger partial charge in [0.15, 0.2) is 5.78 Å². The van der Waals surface area contributed by atoms with Crippen molar-refractivity contribution in [3.05, 3.63) is 59.1 Å². The number of likely N-dealkylation sites (tertiary alicyclic amines) is 1. The van der Waals surface area contributed by atoms with Crippen molar-refractivity contribution in [2.75, 3.05) is 13.1 Å². The van der Waals surface area contributed by atoms with Gasteiger partial charge in [0.25, 0.3) is 0 Å². The molecule has 0 aromatic heterocycles. The average molecular weight is 322 g/mol. The van der Waals surface area contributed by atoms with E-state index in [-0.39, 0.29) is 23.3 Å². The van der Waals surface area contributed by atoms with Crippen molar-refractivity contribution in [2.45, 2.75) is 32.6 Å². The van der Waals surface area contributed by atoms with Gasteiger partial charge < -0.3 is 9.69 Å². The number of Topliss-reactive ketones (excluding diaryl/α,β-unsaturated/α-hetero) is 1. The number of nitrogens with zero attached hydrogens (tertiary/aromatic N) is 2. The summed E-state index contributed by atoms with van der Waals surface area (Å²) in [4.78, 5) is 31.5. The second kappa shape index (κ2) is 5.59. The summed E-state index contributed by atoms with van der Waals surface area (Å²) in [5.41, 5.74) is -0.696. The molecular formula is C20H22N2O2. The van der Waals surface area contributed by atoms with Crippen LogP contribution in [0.5, 0.6) is 0 Å². The van der Waals surface area contributed by atoms with Gasteiger partial charge in [-0.1, -0.05) is 50.3 Å². The quantitative estimate of drug-likeness (QED) is 0.785. The number of likely N-dealkylation sites (N-methyl/N-ethyl adjacent to an activating group) is 1. The molecule has 0 bridgehead atoms. The fraction of sp³-hybridized carbons (Fsp3) is 0.450. The van der Waals surface area contributed by atoms with E-state index >= 15 is 0 Å². The van der Waals surface area contributed by atoms with Crippen LogP contribution in [0.2, 0.25) is 0 Å². The van der Waals surface area contributed by atoms with Gasteiger partial charge in [0, 0.05) is 18.5 Å². The molecule has 4 nitrogen and oxygen atoms in total. The SMILES string of the molecule is [C-]#[N+]C1=C[C@]2(c3ccccc3)C(=O)N(CC)CC[C@H]2C(C)(C)C1=O. The first-order chi connectivity index (χ1) is 11.4. The maximum atomic E-state index is 13.4. The summed E-state index contributed by atoms with van der Waals surface area (Å²) in [6, 6.07) is 9.61. The smallest absolute Gasteiger partial charge is 0.236 e. The Morgan fingerprint density at radius 1 is 1.25 bits per heavy atom. The number of hydrogen-bond donors (Lipinski definition) is 0. The van der Waals surface area contributed by atoms with Crippen LogP contribution in [0.1, 0.15) is 32.8 Å². The van der Waals surface area contributed by atoms with E-state index in [1.54, 1.807) is 6.08 Å². The van der Waals surface area contributed by atoms with Crippen LogP contribution in [0.4, 0.5) is 0 Å². The van der Waals surface area contributed by atoms with E-state index in [1.807, 2.05) is 56.0 Å². The van der Waals surface area contributed by atoms with Crippen molar-refractivity contribution in [1.82, 2.24) is 4.90 Å². The van der Waals surface area contributed by atoms with Crippen LogP contribution in [-0.4, -0.2) is 29.7 Å². The maximum absolute atomic E-state index is 13.4. The molecular weight excluding hydrogens is 300 g/mol. The molecule has 3 rings (SSSR count). The standard InChI is InChI=1S/C20H22N2O2/c1-5-22-12-11-16-19(2,3)17(23)15(21-4)13-20(16,18(22)24)14-9-7-6-8-10-14/h6-10,13,16H,5,11-12H2,1-3H3/t16-,20+/m0/s1. The number of rotatable bonds is 2. The fourth-order valence-corrected chi connectivity index (χ4v) is 4.39. The molecule has 2 atom stereocenters. The molecule has 1 fully saturated rings. The van der Waals surface area contributed by atoms with Crippen molar-refractivity contribution in [1.29, 1.82) is 0 Å². The van der Waals surface area contributed by atoms with Crippen LogP contribution in [0.3, 0.4) is 0 Å². The van der Waals surface area contributed by atoms with E-state index in [0.29, 0.717) is 13.1 Å². The first-order valence-corrected chi connectivity index (χ1v) is 8.39. The highest BCUT2D eigenvalue weighted by atomic mass is 16.2. The lowest BCUT2D eigenvalue weighted by molar-refractivity contribution is -0.148. The van der Waals surface area contributed by atoms with E-state index in [9.17, 15) is 9.59 Å². The van der Waals surface area contributed by atoms with E-state index in [0.717, 1.165) is 12.0 Å². The minimum Gasteiger partial charge on any atom is -0.342 e. The molecule has 1 aliphatic heterocycles. The van der Waals surface area contributed by atoms with Gasteiger partial charge in [-0.15, -0.1) is 0 Å². The number of allylic oxidation sites excluding steroid dienone is 1. The first kappa shape index (κ1) is 16.4. The Labute approximate surface area is 143 Å². The zero-order chi connectivity index (χ0) is 17.5. The lowest BCUT2D eigenvalue weighted by Gasteiger charge is -2.53. The number of benzene rings is 1. The predicted molar refractivity (Wildman–Crippen MR) is 92.0 cm³/mol. The summed E-state index contributed by atoms with van der Waals surface area (Å²) in [5, 5.41) is 0. The molecule has 0 spiro atoms. The maximum Gasteiger partial charge on any atom is 0.236 e. The largest absolute Gasteiger partial charge is 0.342 e. The molecule has 0 saturated carbocycles. The van der Waals surface area contributed by atoms with E-state index in [4.69, 9.17) is 6.57 Å². The average Bonchev–Trinajstić information content (AvgIpc) is 2.60. The first-order valence-electron chi connectivity index (χ1n) is 8.39. The van der Waals surface area contributed by atoms with Crippen LogP contribution in [-0.2, 0) is 15.0 Å². The molecule has 24 heavy (non-hydrogen) atoms. The topological polar surface area (TPSA) is 41.7 Å². The number of fused-ring (bicyclic) bond motifs is 1. The zero-order valence-corrected chi connectivity index (χ0v) is 14.4. The van der Waals surface area contributed by atoms with Crippen LogP contribution in [0.15, 0.2) is 42.1 Å². The fourth-order valence-electron chi connectivity index (χ4n) is 4.39. The summed E-state index contributed by atoms with van der Waals surface area (Å²) >= 11 is 0. The van der Waals surface area contributed by atoms with Gasteiger partial charge in [0.05, 0.1) is 12.0 Å². The van der Waals surface area contributed by atoms with Gasteiger partial charge in [-0.2, -0.15) is 0 Å². The Morgan fingerprint density at radius 3 is 2.50 bits per heavy atom. The van der Waals surface area contributed by atoms with E-state index in [2.05, 4.69) is 4.85 Å². The second-order valence-electron chi connectivity index (χ2n) is 7.15. The highest BCUT2D eigenvalue weighted by Crippen LogP contribution is 2.54. The van der Waals surface area contributed by atoms with Gasteiger partial charge in [-0.25, -0.2) is 4.85 Å². The molecule has 2 aliphatic rings. The number of ketones is 1. The molecule has 1 amide bonds. The van der Waals surface area contributed by atoms with Crippen molar-refractivity contribution >= 4 is 11.7 Å². The summed E-state index contributed by atoms with van der Waals surface area (Å²) < 4.78 is 0. The molecule has 0 N–H and O–H groups in total. The van der Waals surface area contributed by atoms with E-state index in [1.165, 1.54) is 0 Å². The van der Waals surface area contributed by atoms with Gasteiger partial charge in [-0.05, 0) is 24.8 Å². The van der Waals surface area contributed by atoms with Gasteiger partial charge in [0.1, 0.15) is 0 Å². The number of piperidine rings is 1. The number of hydrogen-bond acceptors (Lipinski definition) is 2. The monoisotopic (exact) mass is 322 g/mol. The van der Waals surface area contributed by atoms with Crippen LogP contribution in [0, 0.1) is 17.9 Å². The van der Waals surface area contributed by atoms with Crippen LogP contribution < -0.4 is 0 Å². The summed E-state index contributed by atoms with van der Waals surface area (Å²) in [6.07, 6.45) is 2.41. The van der Waals surface area contributed by atoms with Crippen LogP contribution >= 0.6 is 0 Å². The highest BCUT2D eigenvalue weighted by Gasteiger charge is 2.60. The minimum atomic E-state index is -0.924. The summed E-state index contributed by atoms with van der Waals surface area (Å²) in [7, 11) is 0. The molecule has 1 aliphatic carbocycles. The lowest BCUT2D eigenvalue weighted by atomic mass is 9.52. The molecule has 1 saturated heterocycles. The second-order valence-corrected chi connectivity index (χ2v) is 7.15. The molecule has 1 aromatic rings. The lowest BCUT2D eigenvalue weighted by Crippen LogP contribution is -2.62. The molecule has 1 heterocycles. The molecule has 124 valence electrons. The Balaban J connectivity index is 2.33. The van der Waals surface area contributed by atoms with Crippen molar-refractivity contribution in [3.63, 3.8) is 0 Å². The number of amides is 1. The predicted octanol–water partition coefficient (Wildman–Crippen LogP) is 3.20. The normalized spacial score (nSPS) is 28.8. The van der Waals surface area contributed by atoms with Crippen LogP contribution in [0.25, 0.3) is 4.85 Å². The highest BCUT2D eigenvalue weighted by molar-refractivity contribution is 6.06. The third-order valence-electron chi connectivity index (χ3n) is 5.69. The molecule has 1 aromatic carbocycles. The van der Waals surface area contributed by atoms with E-state index < -0.39 is 10.8 Å². The van der Waals surface area contributed by atoms with Crippen molar-refractivity contribution < 1.29 is 9.59 Å². The molecule has 0 unspecified atom stereocenters. The Morgan fingerprint density at radius 2 is 1.92 bits per heavy atom. The Bertz CT molecular complexity index is 758. The Kier molecular flexibility index (Phi) is 3.83. The number of carbonyl (C=O) groups excluding carboxylic acids is 2. The minimum absolute atomic E-state index is 0.00850. The van der Waals surface area contributed by atoms with Gasteiger partial charge >= 0.3 is 0 Å².